The van der Waals surface area contributed by atoms with E-state index < -0.39 is 0 Å². The van der Waals surface area contributed by atoms with Crippen LogP contribution in [-0.4, -0.2) is 35.8 Å². The number of ether oxygens (including phenoxy) is 2. The lowest BCUT2D eigenvalue weighted by Crippen LogP contribution is -2.30. The minimum atomic E-state index is 0.0557. The maximum atomic E-state index is 13.3. The number of carbonyl (C=O) groups is 1. The van der Waals surface area contributed by atoms with Gasteiger partial charge in [0.25, 0.3) is 0 Å². The minimum Gasteiger partial charge on any atom is -0.497 e. The van der Waals surface area contributed by atoms with Crippen molar-refractivity contribution in [3.8, 4) is 11.5 Å². The molecule has 6 nitrogen and oxygen atoms in total. The third-order valence-electron chi connectivity index (χ3n) is 5.08. The van der Waals surface area contributed by atoms with E-state index in [1.807, 2.05) is 54.6 Å². The summed E-state index contributed by atoms with van der Waals surface area (Å²) in [5.41, 5.74) is 1.79. The average molecular weight is 480 g/mol. The molecule has 0 N–H and O–H groups in total. The minimum absolute atomic E-state index is 0.0557. The van der Waals surface area contributed by atoms with Gasteiger partial charge < -0.3 is 9.47 Å². The normalized spacial score (nSPS) is 10.8. The number of fused-ring (bicyclic) bond motifs is 1. The van der Waals surface area contributed by atoms with Crippen molar-refractivity contribution in [1.29, 1.82) is 0 Å². The third-order valence-corrected chi connectivity index (χ3v) is 7.22. The first-order chi connectivity index (χ1) is 16.2. The molecule has 170 valence electrons. The number of hydrogen-bond acceptors (Lipinski definition) is 7. The number of methoxy groups -OCH3 is 2. The number of carbonyl (C=O) groups excluding carboxylic acids is 1. The van der Waals surface area contributed by atoms with Crippen molar-refractivity contribution in [3.05, 3.63) is 72.6 Å². The van der Waals surface area contributed by atoms with Gasteiger partial charge in [0.15, 0.2) is 5.13 Å². The fraction of sp³-hybridized carbons (Fsp3) is 0.240. The van der Waals surface area contributed by atoms with Crippen LogP contribution in [0.5, 0.6) is 11.5 Å². The highest BCUT2D eigenvalue weighted by Crippen LogP contribution is 2.35. The van der Waals surface area contributed by atoms with Gasteiger partial charge in [-0.1, -0.05) is 17.4 Å². The molecule has 2 heterocycles. The lowest BCUT2D eigenvalue weighted by Gasteiger charge is -2.20. The Bertz CT molecular complexity index is 1200. The number of nitrogens with zero attached hydrogens (tertiary/aromatic N) is 3. The highest BCUT2D eigenvalue weighted by molar-refractivity contribution is 7.99. The summed E-state index contributed by atoms with van der Waals surface area (Å²) in [5.74, 6) is 2.46. The zero-order valence-electron chi connectivity index (χ0n) is 18.6. The van der Waals surface area contributed by atoms with E-state index in [0.717, 1.165) is 38.6 Å². The van der Waals surface area contributed by atoms with E-state index >= 15 is 0 Å². The van der Waals surface area contributed by atoms with Crippen molar-refractivity contribution in [2.75, 3.05) is 24.9 Å². The molecule has 8 heteroatoms. The third kappa shape index (κ3) is 5.83. The van der Waals surface area contributed by atoms with Crippen LogP contribution in [0.2, 0.25) is 0 Å². The molecule has 0 bridgehead atoms. The molecule has 0 radical (unpaired) electrons. The van der Waals surface area contributed by atoms with Crippen molar-refractivity contribution in [2.45, 2.75) is 24.3 Å². The van der Waals surface area contributed by atoms with Crippen LogP contribution in [0.3, 0.4) is 0 Å². The summed E-state index contributed by atoms with van der Waals surface area (Å²) in [6, 6.07) is 17.6. The standard InChI is InChI=1S/C25H25N3O3S2/c1-30-19-8-10-20(11-9-19)32-16-4-7-23(29)28(17-18-12-14-26-15-13-18)25-27-24-21(31-2)5-3-6-22(24)33-25/h3,5-6,8-15H,4,7,16-17H2,1-2H3. The van der Waals surface area contributed by atoms with E-state index in [1.165, 1.54) is 11.3 Å². The molecule has 0 atom stereocenters. The van der Waals surface area contributed by atoms with Crippen LogP contribution in [0, 0.1) is 0 Å². The molecule has 0 aliphatic rings. The smallest absolute Gasteiger partial charge is 0.229 e. The summed E-state index contributed by atoms with van der Waals surface area (Å²) in [6.07, 6.45) is 4.70. The van der Waals surface area contributed by atoms with Crippen LogP contribution in [0.25, 0.3) is 10.2 Å². The summed E-state index contributed by atoms with van der Waals surface area (Å²) in [5, 5.41) is 0.680. The summed E-state index contributed by atoms with van der Waals surface area (Å²) < 4.78 is 11.7. The topological polar surface area (TPSA) is 64.5 Å². The quantitative estimate of drug-likeness (QED) is 0.211. The number of thiazole rings is 1. The first kappa shape index (κ1) is 23.1. The number of para-hydroxylation sites is 1. The number of pyridine rings is 1. The molecule has 2 aromatic carbocycles. The lowest BCUT2D eigenvalue weighted by atomic mass is 10.2. The van der Waals surface area contributed by atoms with Gasteiger partial charge in [-0.05, 0) is 66.3 Å². The number of anilines is 1. The largest absolute Gasteiger partial charge is 0.497 e. The number of amides is 1. The summed E-state index contributed by atoms with van der Waals surface area (Å²) in [6.45, 7) is 0.453. The Morgan fingerprint density at radius 3 is 2.55 bits per heavy atom. The predicted molar refractivity (Wildman–Crippen MR) is 135 cm³/mol. The maximum Gasteiger partial charge on any atom is 0.229 e. The number of benzene rings is 2. The van der Waals surface area contributed by atoms with Crippen molar-refractivity contribution < 1.29 is 14.3 Å². The molecule has 33 heavy (non-hydrogen) atoms. The molecule has 4 rings (SSSR count). The van der Waals surface area contributed by atoms with Gasteiger partial charge in [0.1, 0.15) is 17.0 Å². The Morgan fingerprint density at radius 1 is 1.03 bits per heavy atom. The zero-order chi connectivity index (χ0) is 23.0. The highest BCUT2D eigenvalue weighted by atomic mass is 32.2. The predicted octanol–water partition coefficient (Wildman–Crippen LogP) is 5.81. The Kier molecular flexibility index (Phi) is 7.80. The lowest BCUT2D eigenvalue weighted by molar-refractivity contribution is -0.118. The van der Waals surface area contributed by atoms with Gasteiger partial charge in [-0.25, -0.2) is 4.98 Å². The average Bonchev–Trinajstić information content (AvgIpc) is 3.30. The molecule has 4 aromatic rings. The van der Waals surface area contributed by atoms with Gasteiger partial charge in [0.05, 0.1) is 25.5 Å². The molecule has 0 saturated heterocycles. The van der Waals surface area contributed by atoms with Crippen molar-refractivity contribution >= 4 is 44.4 Å². The van der Waals surface area contributed by atoms with Crippen LogP contribution >= 0.6 is 23.1 Å². The fourth-order valence-corrected chi connectivity index (χ4v) is 5.20. The number of aromatic nitrogens is 2. The first-order valence-corrected chi connectivity index (χ1v) is 12.4. The van der Waals surface area contributed by atoms with Crippen LogP contribution in [-0.2, 0) is 11.3 Å². The fourth-order valence-electron chi connectivity index (χ4n) is 3.35. The van der Waals surface area contributed by atoms with Crippen LogP contribution in [0.1, 0.15) is 18.4 Å². The SMILES string of the molecule is COc1ccc(SCCCC(=O)N(Cc2ccncc2)c2nc3c(OC)cccc3s2)cc1. The molecular weight excluding hydrogens is 454 g/mol. The molecule has 2 aromatic heterocycles. The Labute approximate surface area is 201 Å². The summed E-state index contributed by atoms with van der Waals surface area (Å²) >= 11 is 3.24. The molecule has 0 saturated carbocycles. The van der Waals surface area contributed by atoms with Gasteiger partial charge in [0.2, 0.25) is 5.91 Å². The highest BCUT2D eigenvalue weighted by Gasteiger charge is 2.21. The summed E-state index contributed by atoms with van der Waals surface area (Å²) in [4.78, 5) is 25.1. The van der Waals surface area contributed by atoms with Gasteiger partial charge in [-0.15, -0.1) is 11.8 Å². The van der Waals surface area contributed by atoms with Gasteiger partial charge in [0, 0.05) is 23.7 Å². The van der Waals surface area contributed by atoms with Gasteiger partial charge in [-0.3, -0.25) is 14.7 Å². The molecule has 0 aliphatic carbocycles. The molecule has 1 amide bonds. The second kappa shape index (κ2) is 11.2. The van der Waals surface area contributed by atoms with E-state index in [2.05, 4.69) is 4.98 Å². The van der Waals surface area contributed by atoms with Gasteiger partial charge >= 0.3 is 0 Å². The Hall–Kier alpha value is -3.10. The molecule has 0 spiro atoms. The first-order valence-electron chi connectivity index (χ1n) is 10.6. The van der Waals surface area contributed by atoms with E-state index in [-0.39, 0.29) is 5.91 Å². The number of rotatable bonds is 10. The van der Waals surface area contributed by atoms with Crippen molar-refractivity contribution in [1.82, 2.24) is 9.97 Å². The monoisotopic (exact) mass is 479 g/mol. The van der Waals surface area contributed by atoms with E-state index in [1.54, 1.807) is 43.3 Å². The Morgan fingerprint density at radius 2 is 1.82 bits per heavy atom. The van der Waals surface area contributed by atoms with Crippen molar-refractivity contribution in [2.24, 2.45) is 0 Å². The van der Waals surface area contributed by atoms with Crippen LogP contribution in [0.15, 0.2) is 71.9 Å². The van der Waals surface area contributed by atoms with Gasteiger partial charge in [-0.2, -0.15) is 0 Å². The molecule has 0 aliphatic heterocycles. The van der Waals surface area contributed by atoms with Crippen LogP contribution < -0.4 is 14.4 Å². The molecule has 0 fully saturated rings. The number of thioether (sulfide) groups is 1. The van der Waals surface area contributed by atoms with E-state index in [9.17, 15) is 4.79 Å². The maximum absolute atomic E-state index is 13.3. The van der Waals surface area contributed by atoms with E-state index in [0.29, 0.717) is 23.8 Å². The second-order valence-corrected chi connectivity index (χ2v) is 9.44. The molecular formula is C25H25N3O3S2. The zero-order valence-corrected chi connectivity index (χ0v) is 20.2. The summed E-state index contributed by atoms with van der Waals surface area (Å²) in [7, 11) is 3.29. The van der Waals surface area contributed by atoms with Crippen LogP contribution in [0.4, 0.5) is 5.13 Å². The molecule has 0 unspecified atom stereocenters. The van der Waals surface area contributed by atoms with Crippen molar-refractivity contribution in [3.63, 3.8) is 0 Å². The Balaban J connectivity index is 1.46. The van der Waals surface area contributed by atoms with E-state index in [4.69, 9.17) is 14.5 Å². The number of hydrogen-bond donors (Lipinski definition) is 0. The second-order valence-electron chi connectivity index (χ2n) is 7.27.